The van der Waals surface area contributed by atoms with Crippen LogP contribution in [0.3, 0.4) is 0 Å². The minimum Gasteiger partial charge on any atom is -0.493 e. The standard InChI is InChI=1S/C24H23FN8O3/c25-17-4-2-1-3-16(17)23(35)32-9-7-31(8-10-32)19-12-20(27-15-5-6-15)33-21(29-19)14(13-26-33)11-18-22(34)30-24(36)28-18/h1-4,11-13,15,34H,5-10H2,(H2,28,30,36)/b14-11-,27-20?. The van der Waals surface area contributed by atoms with E-state index in [2.05, 4.69) is 20.0 Å². The van der Waals surface area contributed by atoms with Gasteiger partial charge >= 0.3 is 5.69 Å². The molecule has 3 N–H and O–H groups in total. The lowest BCUT2D eigenvalue weighted by Crippen LogP contribution is -2.49. The van der Waals surface area contributed by atoms with Gasteiger partial charge in [0, 0.05) is 37.5 Å². The summed E-state index contributed by atoms with van der Waals surface area (Å²) in [6.45, 7) is 1.88. The largest absolute Gasteiger partial charge is 0.493 e. The Morgan fingerprint density at radius 2 is 1.94 bits per heavy atom. The van der Waals surface area contributed by atoms with Crippen LogP contribution >= 0.6 is 0 Å². The first kappa shape index (κ1) is 22.0. The van der Waals surface area contributed by atoms with Gasteiger partial charge in [0.05, 0.1) is 17.8 Å². The summed E-state index contributed by atoms with van der Waals surface area (Å²) < 4.78 is 15.7. The molecule has 0 bridgehead atoms. The van der Waals surface area contributed by atoms with Crippen molar-refractivity contribution >= 4 is 23.4 Å². The molecule has 1 saturated carbocycles. The summed E-state index contributed by atoms with van der Waals surface area (Å²) in [6, 6.07) is 8.13. The number of carbonyl (C=O) groups is 1. The average molecular weight is 490 g/mol. The monoisotopic (exact) mass is 490 g/mol. The molecule has 0 spiro atoms. The van der Waals surface area contributed by atoms with E-state index in [4.69, 9.17) is 9.98 Å². The van der Waals surface area contributed by atoms with E-state index in [1.54, 1.807) is 33.8 Å². The molecule has 12 heteroatoms. The maximum Gasteiger partial charge on any atom is 0.326 e. The van der Waals surface area contributed by atoms with Crippen molar-refractivity contribution in [2.45, 2.75) is 18.9 Å². The summed E-state index contributed by atoms with van der Waals surface area (Å²) in [5.41, 5.74) is 0.965. The maximum absolute atomic E-state index is 14.1. The van der Waals surface area contributed by atoms with Crippen LogP contribution in [-0.4, -0.2) is 72.7 Å². The summed E-state index contributed by atoms with van der Waals surface area (Å²) >= 11 is 0. The number of aromatic amines is 2. The lowest BCUT2D eigenvalue weighted by Gasteiger charge is -2.35. The van der Waals surface area contributed by atoms with Crippen molar-refractivity contribution in [2.24, 2.45) is 4.99 Å². The Labute approximate surface area is 203 Å². The van der Waals surface area contributed by atoms with Crippen LogP contribution in [0.15, 0.2) is 46.3 Å². The van der Waals surface area contributed by atoms with E-state index in [-0.39, 0.29) is 29.1 Å². The zero-order chi connectivity index (χ0) is 24.8. The molecule has 0 radical (unpaired) electrons. The van der Waals surface area contributed by atoms with Crippen molar-refractivity contribution in [3.63, 3.8) is 0 Å². The topological polar surface area (TPSA) is 135 Å². The Balaban J connectivity index is 1.33. The third-order valence-corrected chi connectivity index (χ3v) is 6.36. The summed E-state index contributed by atoms with van der Waals surface area (Å²) in [6.07, 6.45) is 5.25. The van der Waals surface area contributed by atoms with Crippen LogP contribution in [0.2, 0.25) is 0 Å². The SMILES string of the molecule is O=C(c1ccccc1F)N1CCN(c2cc(=NC3CC3)n3nc/c(=C/c4[nH]c(=O)[nH]c4O)c3n2)CC1. The first-order chi connectivity index (χ1) is 17.5. The fraction of sp³-hybridized carbons (Fsp3) is 0.292. The highest BCUT2D eigenvalue weighted by Crippen LogP contribution is 2.23. The fourth-order valence-corrected chi connectivity index (χ4v) is 4.29. The second-order valence-electron chi connectivity index (χ2n) is 8.91. The minimum atomic E-state index is -0.525. The van der Waals surface area contributed by atoms with Crippen molar-refractivity contribution in [3.8, 4) is 5.88 Å². The van der Waals surface area contributed by atoms with Crippen molar-refractivity contribution < 1.29 is 14.3 Å². The number of aromatic hydroxyl groups is 1. The molecule has 11 nitrogen and oxygen atoms in total. The molecule has 2 aliphatic rings. The summed E-state index contributed by atoms with van der Waals surface area (Å²) in [5, 5.41) is 15.0. The van der Waals surface area contributed by atoms with E-state index in [0.29, 0.717) is 48.4 Å². The zero-order valence-electron chi connectivity index (χ0n) is 19.2. The Morgan fingerprint density at radius 3 is 2.64 bits per heavy atom. The van der Waals surface area contributed by atoms with Gasteiger partial charge in [-0.2, -0.15) is 9.61 Å². The van der Waals surface area contributed by atoms with Crippen LogP contribution in [0, 0.1) is 5.82 Å². The molecule has 1 amide bonds. The fourth-order valence-electron chi connectivity index (χ4n) is 4.29. The molecule has 6 rings (SSSR count). The molecule has 4 heterocycles. The number of aromatic nitrogens is 5. The first-order valence-corrected chi connectivity index (χ1v) is 11.7. The number of piperazine rings is 1. The average Bonchev–Trinajstić information content (AvgIpc) is 3.51. The maximum atomic E-state index is 14.1. The third-order valence-electron chi connectivity index (χ3n) is 6.36. The molecular formula is C24H23FN8O3. The number of fused-ring (bicyclic) bond motifs is 1. The summed E-state index contributed by atoms with van der Waals surface area (Å²) in [7, 11) is 0. The van der Waals surface area contributed by atoms with Gasteiger partial charge in [-0.25, -0.2) is 14.2 Å². The van der Waals surface area contributed by atoms with E-state index >= 15 is 0 Å². The van der Waals surface area contributed by atoms with E-state index in [1.807, 2.05) is 6.07 Å². The van der Waals surface area contributed by atoms with Crippen molar-refractivity contribution in [2.75, 3.05) is 31.1 Å². The van der Waals surface area contributed by atoms with Gasteiger partial charge in [-0.1, -0.05) is 12.1 Å². The number of anilines is 1. The van der Waals surface area contributed by atoms with Gasteiger partial charge in [0.25, 0.3) is 5.91 Å². The lowest BCUT2D eigenvalue weighted by atomic mass is 10.1. The van der Waals surface area contributed by atoms with E-state index < -0.39 is 11.5 Å². The van der Waals surface area contributed by atoms with Gasteiger partial charge in [-0.15, -0.1) is 0 Å². The second kappa shape index (κ2) is 8.63. The zero-order valence-corrected chi connectivity index (χ0v) is 19.2. The Kier molecular flexibility index (Phi) is 5.28. The number of hydrogen-bond acceptors (Lipinski definition) is 7. The smallest absolute Gasteiger partial charge is 0.326 e. The lowest BCUT2D eigenvalue weighted by molar-refractivity contribution is 0.0742. The number of imidazole rings is 1. The number of H-pyrrole nitrogens is 2. The predicted molar refractivity (Wildman–Crippen MR) is 128 cm³/mol. The number of benzene rings is 1. The Morgan fingerprint density at radius 1 is 1.17 bits per heavy atom. The van der Waals surface area contributed by atoms with Crippen molar-refractivity contribution in [1.82, 2.24) is 29.5 Å². The van der Waals surface area contributed by atoms with Gasteiger partial charge < -0.3 is 19.9 Å². The molecule has 4 aromatic rings. The highest BCUT2D eigenvalue weighted by Gasteiger charge is 2.26. The van der Waals surface area contributed by atoms with Crippen molar-refractivity contribution in [1.29, 1.82) is 0 Å². The molecule has 36 heavy (non-hydrogen) atoms. The molecule has 3 aromatic heterocycles. The Bertz CT molecular complexity index is 1640. The normalized spacial score (nSPS) is 17.4. The summed E-state index contributed by atoms with van der Waals surface area (Å²) in [5.74, 6) is -0.438. The number of carbonyl (C=O) groups excluding carboxylic acids is 1. The number of rotatable bonds is 4. The molecule has 1 saturated heterocycles. The molecule has 184 valence electrons. The number of halogens is 1. The van der Waals surface area contributed by atoms with E-state index in [1.165, 1.54) is 12.1 Å². The highest BCUT2D eigenvalue weighted by molar-refractivity contribution is 5.94. The third kappa shape index (κ3) is 4.10. The highest BCUT2D eigenvalue weighted by atomic mass is 19.1. The van der Waals surface area contributed by atoms with Crippen LogP contribution in [0.1, 0.15) is 28.9 Å². The number of hydrogen-bond donors (Lipinski definition) is 3. The van der Waals surface area contributed by atoms with E-state index in [9.17, 15) is 19.1 Å². The predicted octanol–water partition coefficient (Wildman–Crippen LogP) is 0.164. The number of amides is 1. The quantitative estimate of drug-likeness (QED) is 0.373. The van der Waals surface area contributed by atoms with Crippen LogP contribution in [-0.2, 0) is 0 Å². The number of nitrogens with one attached hydrogen (secondary N) is 2. The molecular weight excluding hydrogens is 467 g/mol. The van der Waals surface area contributed by atoms with E-state index in [0.717, 1.165) is 12.8 Å². The molecule has 1 aliphatic heterocycles. The van der Waals surface area contributed by atoms with Crippen LogP contribution in [0.4, 0.5) is 10.2 Å². The molecule has 0 unspecified atom stereocenters. The Hall–Kier alpha value is -4.48. The molecule has 1 aromatic carbocycles. The van der Waals surface area contributed by atoms with Gasteiger partial charge in [0.15, 0.2) is 11.1 Å². The van der Waals surface area contributed by atoms with Gasteiger partial charge in [-0.05, 0) is 31.1 Å². The molecule has 0 atom stereocenters. The summed E-state index contributed by atoms with van der Waals surface area (Å²) in [4.78, 5) is 42.5. The van der Waals surface area contributed by atoms with Gasteiger partial charge in [0.1, 0.15) is 17.3 Å². The van der Waals surface area contributed by atoms with Crippen LogP contribution in [0.25, 0.3) is 11.7 Å². The molecule has 2 fully saturated rings. The molecule has 1 aliphatic carbocycles. The second-order valence-corrected chi connectivity index (χ2v) is 8.91. The minimum absolute atomic E-state index is 0.0708. The van der Waals surface area contributed by atoms with Crippen LogP contribution in [0.5, 0.6) is 5.88 Å². The van der Waals surface area contributed by atoms with Gasteiger partial charge in [0.2, 0.25) is 5.88 Å². The van der Waals surface area contributed by atoms with Crippen LogP contribution < -0.4 is 21.3 Å². The van der Waals surface area contributed by atoms with Gasteiger partial charge in [-0.3, -0.25) is 14.8 Å². The number of nitrogens with zero attached hydrogens (tertiary/aromatic N) is 6. The van der Waals surface area contributed by atoms with Crippen molar-refractivity contribution in [3.05, 3.63) is 74.8 Å². The first-order valence-electron chi connectivity index (χ1n) is 11.7.